The highest BCUT2D eigenvalue weighted by Gasteiger charge is 2.39. The first kappa shape index (κ1) is 14.5. The molecule has 0 saturated carbocycles. The molecule has 0 fully saturated rings. The first-order chi connectivity index (χ1) is 10.7. The third-order valence-electron chi connectivity index (χ3n) is 3.96. The Labute approximate surface area is 129 Å². The molecule has 22 heavy (non-hydrogen) atoms. The zero-order valence-corrected chi connectivity index (χ0v) is 12.1. The normalized spacial score (nSPS) is 15.0. The SMILES string of the molecule is O=C1c2ccccc2C(=O)N1C(CCCO)c1ccccc1. The van der Waals surface area contributed by atoms with E-state index in [1.165, 1.54) is 4.90 Å². The van der Waals surface area contributed by atoms with E-state index in [2.05, 4.69) is 0 Å². The number of rotatable bonds is 5. The van der Waals surface area contributed by atoms with Gasteiger partial charge in [0.15, 0.2) is 0 Å². The molecule has 0 bridgehead atoms. The number of aliphatic hydroxyl groups is 1. The van der Waals surface area contributed by atoms with Crippen LogP contribution in [0.5, 0.6) is 0 Å². The van der Waals surface area contributed by atoms with Crippen molar-refractivity contribution in [3.63, 3.8) is 0 Å². The van der Waals surface area contributed by atoms with Crippen LogP contribution in [0.25, 0.3) is 0 Å². The van der Waals surface area contributed by atoms with Crippen LogP contribution in [0.2, 0.25) is 0 Å². The molecule has 0 radical (unpaired) electrons. The summed E-state index contributed by atoms with van der Waals surface area (Å²) in [6, 6.07) is 16.0. The zero-order chi connectivity index (χ0) is 15.5. The number of imide groups is 1. The van der Waals surface area contributed by atoms with E-state index in [4.69, 9.17) is 5.11 Å². The number of aliphatic hydroxyl groups excluding tert-OH is 1. The van der Waals surface area contributed by atoms with Crippen molar-refractivity contribution in [2.75, 3.05) is 6.61 Å². The first-order valence-corrected chi connectivity index (χ1v) is 7.36. The van der Waals surface area contributed by atoms with E-state index in [0.717, 1.165) is 5.56 Å². The molecule has 3 rings (SSSR count). The van der Waals surface area contributed by atoms with Crippen molar-refractivity contribution in [1.82, 2.24) is 4.90 Å². The maximum absolute atomic E-state index is 12.6. The number of fused-ring (bicyclic) bond motifs is 1. The smallest absolute Gasteiger partial charge is 0.262 e. The lowest BCUT2D eigenvalue weighted by atomic mass is 10.0. The van der Waals surface area contributed by atoms with E-state index in [1.54, 1.807) is 24.3 Å². The maximum atomic E-state index is 12.6. The van der Waals surface area contributed by atoms with Gasteiger partial charge in [0.1, 0.15) is 0 Å². The van der Waals surface area contributed by atoms with Crippen LogP contribution in [0.1, 0.15) is 45.2 Å². The quantitative estimate of drug-likeness (QED) is 0.863. The van der Waals surface area contributed by atoms with Gasteiger partial charge in [0.05, 0.1) is 17.2 Å². The Bertz CT molecular complexity index is 661. The molecule has 0 spiro atoms. The van der Waals surface area contributed by atoms with Crippen molar-refractivity contribution >= 4 is 11.8 Å². The summed E-state index contributed by atoms with van der Waals surface area (Å²) in [5, 5.41) is 9.12. The standard InChI is InChI=1S/C18H17NO3/c20-12-6-11-16(13-7-2-1-3-8-13)19-17(21)14-9-4-5-10-15(14)18(19)22/h1-5,7-10,16,20H,6,11-12H2. The predicted molar refractivity (Wildman–Crippen MR) is 82.4 cm³/mol. The van der Waals surface area contributed by atoms with Crippen LogP contribution in [0.15, 0.2) is 54.6 Å². The van der Waals surface area contributed by atoms with Gasteiger partial charge in [0.25, 0.3) is 11.8 Å². The van der Waals surface area contributed by atoms with Gasteiger partial charge in [-0.3, -0.25) is 14.5 Å². The van der Waals surface area contributed by atoms with Gasteiger partial charge >= 0.3 is 0 Å². The van der Waals surface area contributed by atoms with Crippen molar-refractivity contribution in [3.8, 4) is 0 Å². The Morgan fingerprint density at radius 2 is 1.41 bits per heavy atom. The van der Waals surface area contributed by atoms with Gasteiger partial charge < -0.3 is 5.11 Å². The second-order valence-corrected chi connectivity index (χ2v) is 5.32. The highest BCUT2D eigenvalue weighted by Crippen LogP contribution is 2.33. The van der Waals surface area contributed by atoms with E-state index < -0.39 is 0 Å². The highest BCUT2D eigenvalue weighted by molar-refractivity contribution is 6.21. The van der Waals surface area contributed by atoms with E-state index in [1.807, 2.05) is 30.3 Å². The molecule has 1 aliphatic heterocycles. The van der Waals surface area contributed by atoms with Crippen LogP contribution < -0.4 is 0 Å². The van der Waals surface area contributed by atoms with E-state index in [-0.39, 0.29) is 24.5 Å². The Morgan fingerprint density at radius 1 is 0.864 bits per heavy atom. The van der Waals surface area contributed by atoms with Crippen LogP contribution in [0.3, 0.4) is 0 Å². The van der Waals surface area contributed by atoms with Crippen molar-refractivity contribution in [2.45, 2.75) is 18.9 Å². The van der Waals surface area contributed by atoms with Crippen LogP contribution >= 0.6 is 0 Å². The molecule has 1 N–H and O–H groups in total. The fourth-order valence-electron chi connectivity index (χ4n) is 2.90. The summed E-state index contributed by atoms with van der Waals surface area (Å²) in [5.41, 5.74) is 1.82. The molecule has 2 aromatic carbocycles. The summed E-state index contributed by atoms with van der Waals surface area (Å²) >= 11 is 0. The lowest BCUT2D eigenvalue weighted by Crippen LogP contribution is -2.34. The molecule has 1 heterocycles. The lowest BCUT2D eigenvalue weighted by Gasteiger charge is -2.26. The average Bonchev–Trinajstić information content (AvgIpc) is 2.82. The molecule has 0 aromatic heterocycles. The third-order valence-corrected chi connectivity index (χ3v) is 3.96. The number of carbonyl (C=O) groups is 2. The van der Waals surface area contributed by atoms with Crippen molar-refractivity contribution in [1.29, 1.82) is 0 Å². The molecule has 1 unspecified atom stereocenters. The number of nitrogens with zero attached hydrogens (tertiary/aromatic N) is 1. The van der Waals surface area contributed by atoms with Gasteiger partial charge in [-0.1, -0.05) is 42.5 Å². The topological polar surface area (TPSA) is 57.6 Å². The minimum atomic E-state index is -0.347. The Hall–Kier alpha value is -2.46. The summed E-state index contributed by atoms with van der Waals surface area (Å²) in [6.07, 6.45) is 1.08. The molecule has 2 amide bonds. The van der Waals surface area contributed by atoms with Gasteiger partial charge in [-0.15, -0.1) is 0 Å². The summed E-state index contributed by atoms with van der Waals surface area (Å²) in [5.74, 6) is -0.514. The van der Waals surface area contributed by atoms with Crippen LogP contribution in [-0.2, 0) is 0 Å². The fourth-order valence-corrected chi connectivity index (χ4v) is 2.90. The van der Waals surface area contributed by atoms with Crippen LogP contribution in [0.4, 0.5) is 0 Å². The fraction of sp³-hybridized carbons (Fsp3) is 0.222. The molecule has 112 valence electrons. The average molecular weight is 295 g/mol. The molecule has 0 saturated heterocycles. The molecule has 0 aliphatic carbocycles. The second kappa shape index (κ2) is 6.12. The summed E-state index contributed by atoms with van der Waals surface area (Å²) in [7, 11) is 0. The monoisotopic (exact) mass is 295 g/mol. The van der Waals surface area contributed by atoms with E-state index in [0.29, 0.717) is 24.0 Å². The Balaban J connectivity index is 1.99. The predicted octanol–water partition coefficient (Wildman–Crippen LogP) is 2.80. The number of benzene rings is 2. The summed E-state index contributed by atoms with van der Waals surface area (Å²) < 4.78 is 0. The largest absolute Gasteiger partial charge is 0.396 e. The molecular weight excluding hydrogens is 278 g/mol. The Kier molecular flexibility index (Phi) is 4.02. The van der Waals surface area contributed by atoms with Gasteiger partial charge in [-0.2, -0.15) is 0 Å². The number of carbonyl (C=O) groups excluding carboxylic acids is 2. The maximum Gasteiger partial charge on any atom is 0.262 e. The van der Waals surface area contributed by atoms with Crippen LogP contribution in [0, 0.1) is 0 Å². The highest BCUT2D eigenvalue weighted by atomic mass is 16.3. The molecule has 4 nitrogen and oxygen atoms in total. The van der Waals surface area contributed by atoms with Crippen LogP contribution in [-0.4, -0.2) is 28.4 Å². The molecule has 2 aromatic rings. The molecule has 4 heteroatoms. The molecular formula is C18H17NO3. The summed E-state index contributed by atoms with van der Waals surface area (Å²) in [6.45, 7) is 0.0342. The minimum Gasteiger partial charge on any atom is -0.396 e. The van der Waals surface area contributed by atoms with Gasteiger partial charge in [-0.05, 0) is 30.5 Å². The number of hydrogen-bond donors (Lipinski definition) is 1. The van der Waals surface area contributed by atoms with Crippen molar-refractivity contribution in [2.24, 2.45) is 0 Å². The van der Waals surface area contributed by atoms with Crippen molar-refractivity contribution < 1.29 is 14.7 Å². The second-order valence-electron chi connectivity index (χ2n) is 5.32. The van der Waals surface area contributed by atoms with Gasteiger partial charge in [0, 0.05) is 6.61 Å². The molecule has 1 aliphatic rings. The number of hydrogen-bond acceptors (Lipinski definition) is 3. The van der Waals surface area contributed by atoms with Crippen molar-refractivity contribution in [3.05, 3.63) is 71.3 Å². The Morgan fingerprint density at radius 3 is 1.95 bits per heavy atom. The molecule has 1 atom stereocenters. The van der Waals surface area contributed by atoms with E-state index >= 15 is 0 Å². The lowest BCUT2D eigenvalue weighted by molar-refractivity contribution is 0.0567. The number of amides is 2. The summed E-state index contributed by atoms with van der Waals surface area (Å²) in [4.78, 5) is 26.6. The first-order valence-electron chi connectivity index (χ1n) is 7.36. The van der Waals surface area contributed by atoms with E-state index in [9.17, 15) is 9.59 Å². The third kappa shape index (κ3) is 2.42. The minimum absolute atomic E-state index is 0.0342. The zero-order valence-electron chi connectivity index (χ0n) is 12.1. The van der Waals surface area contributed by atoms with Gasteiger partial charge in [-0.25, -0.2) is 0 Å². The van der Waals surface area contributed by atoms with Gasteiger partial charge in [0.2, 0.25) is 0 Å².